The van der Waals surface area contributed by atoms with Crippen LogP contribution >= 0.6 is 7.26 Å². The third-order valence-electron chi connectivity index (χ3n) is 17.6. The van der Waals surface area contributed by atoms with Crippen LogP contribution in [0, 0.1) is 0 Å². The fraction of sp³-hybridized carbons (Fsp3) is 0.100. The first kappa shape index (κ1) is 59.3. The molecule has 12 aromatic carbocycles. The van der Waals surface area contributed by atoms with Crippen molar-refractivity contribution in [1.82, 2.24) is 0 Å². The van der Waals surface area contributed by atoms with E-state index < -0.39 is 7.26 Å². The van der Waals surface area contributed by atoms with E-state index in [4.69, 9.17) is 37.9 Å². The van der Waals surface area contributed by atoms with Crippen molar-refractivity contribution in [2.24, 2.45) is 0 Å². The lowest BCUT2D eigenvalue weighted by Gasteiger charge is -2.31. The average molecular weight is 1240 g/mol. The van der Waals surface area contributed by atoms with Gasteiger partial charge < -0.3 is 57.5 Å². The van der Waals surface area contributed by atoms with Crippen molar-refractivity contribution in [3.63, 3.8) is 0 Å². The molecule has 0 radical (unpaired) electrons. The summed E-state index contributed by atoms with van der Waals surface area (Å²) in [7, 11) is 10.5. The van der Waals surface area contributed by atoms with E-state index in [1.165, 1.54) is 0 Å². The second kappa shape index (κ2) is 25.2. The van der Waals surface area contributed by atoms with Gasteiger partial charge in [-0.05, 0) is 146 Å². The number of methoxy groups -OCH3 is 8. The number of para-hydroxylation sites is 16. The lowest BCUT2D eigenvalue weighted by molar-refractivity contribution is 0.412. The number of hydrogen-bond acceptors (Lipinski definition) is 12. The van der Waals surface area contributed by atoms with Crippen LogP contribution in [0.15, 0.2) is 267 Å². The Bertz CT molecular complexity index is 4000. The zero-order valence-electron chi connectivity index (χ0n) is 52.9. The largest absolute Gasteiger partial charge is 0.495 e. The SMILES string of the molecule is COc1ccccc1N(c1ccc2c(c1)[P+]1(c3cc(N(c4ccccc4OC)c4ccccc4OC)ccc3-2)c2cc(N(c3ccccc3OC)c3ccccc3OC)ccc2-c2ccc(N(c3ccccc3OC)c3ccccc3OC)cc21)c1ccccc1OC. The minimum Gasteiger partial charge on any atom is -0.495 e. The van der Waals surface area contributed by atoms with Crippen molar-refractivity contribution in [2.45, 2.75) is 0 Å². The van der Waals surface area contributed by atoms with Gasteiger partial charge in [0.2, 0.25) is 0 Å². The van der Waals surface area contributed by atoms with Gasteiger partial charge in [0.15, 0.2) is 0 Å². The molecule has 0 bridgehead atoms. The molecule has 0 saturated heterocycles. The van der Waals surface area contributed by atoms with Gasteiger partial charge >= 0.3 is 0 Å². The van der Waals surface area contributed by atoms with Gasteiger partial charge in [-0.25, -0.2) is 0 Å². The first-order chi connectivity index (χ1) is 45.8. The topological polar surface area (TPSA) is 86.8 Å². The molecule has 2 aliphatic rings. The Hall–Kier alpha value is -11.3. The lowest BCUT2D eigenvalue weighted by atomic mass is 10.0. The molecule has 1 spiro atoms. The van der Waals surface area contributed by atoms with Gasteiger partial charge in [0.25, 0.3) is 0 Å². The van der Waals surface area contributed by atoms with E-state index in [1.807, 2.05) is 146 Å². The second-order valence-electron chi connectivity index (χ2n) is 22.2. The third kappa shape index (κ3) is 9.89. The highest BCUT2D eigenvalue weighted by atomic mass is 31.2. The predicted octanol–water partition coefficient (Wildman–Crippen LogP) is 18.2. The van der Waals surface area contributed by atoms with E-state index in [9.17, 15) is 0 Å². The minimum atomic E-state index is -3.26. The number of nitrogens with zero attached hydrogens (tertiary/aromatic N) is 4. The molecular weight excluding hydrogens is 1180 g/mol. The summed E-state index contributed by atoms with van der Waals surface area (Å²) in [4.78, 5) is 9.04. The first-order valence-electron chi connectivity index (χ1n) is 30.5. The average Bonchev–Trinajstić information content (AvgIpc) is 1.51. The molecule has 0 unspecified atom stereocenters. The molecule has 0 fully saturated rings. The van der Waals surface area contributed by atoms with Crippen LogP contribution in [-0.2, 0) is 0 Å². The summed E-state index contributed by atoms with van der Waals surface area (Å²) >= 11 is 0. The van der Waals surface area contributed by atoms with Crippen LogP contribution in [0.5, 0.6) is 46.0 Å². The van der Waals surface area contributed by atoms with Crippen molar-refractivity contribution in [1.29, 1.82) is 0 Å². The van der Waals surface area contributed by atoms with E-state index in [0.717, 1.165) is 112 Å². The molecule has 13 heteroatoms. The number of benzene rings is 12. The van der Waals surface area contributed by atoms with Gasteiger partial charge in [-0.15, -0.1) is 0 Å². The predicted molar refractivity (Wildman–Crippen MR) is 380 cm³/mol. The fourth-order valence-corrected chi connectivity index (χ4v) is 18.7. The van der Waals surface area contributed by atoms with Crippen molar-refractivity contribution < 1.29 is 37.9 Å². The van der Waals surface area contributed by atoms with Crippen molar-refractivity contribution in [3.05, 3.63) is 267 Å². The van der Waals surface area contributed by atoms with E-state index in [1.54, 1.807) is 56.9 Å². The summed E-state index contributed by atoms with van der Waals surface area (Å²) in [6, 6.07) is 93.1. The Morgan fingerprint density at radius 1 is 0.194 bits per heavy atom. The smallest absolute Gasteiger partial charge is 0.147 e. The van der Waals surface area contributed by atoms with E-state index >= 15 is 0 Å². The summed E-state index contributed by atoms with van der Waals surface area (Å²) in [6.07, 6.45) is 0. The molecule has 2 heterocycles. The van der Waals surface area contributed by atoms with Crippen molar-refractivity contribution in [3.8, 4) is 68.2 Å². The number of hydrogen-bond donors (Lipinski definition) is 0. The number of anilines is 12. The Morgan fingerprint density at radius 2 is 0.344 bits per heavy atom. The molecule has 14 rings (SSSR count). The van der Waals surface area contributed by atoms with Crippen LogP contribution in [0.25, 0.3) is 22.3 Å². The van der Waals surface area contributed by atoms with E-state index in [-0.39, 0.29) is 0 Å². The van der Waals surface area contributed by atoms with Gasteiger partial charge in [0, 0.05) is 46.5 Å². The van der Waals surface area contributed by atoms with Gasteiger partial charge in [-0.3, -0.25) is 0 Å². The second-order valence-corrected chi connectivity index (χ2v) is 25.5. The molecule has 0 aromatic heterocycles. The molecule has 0 atom stereocenters. The highest BCUT2D eigenvalue weighted by Gasteiger charge is 2.61. The van der Waals surface area contributed by atoms with Gasteiger partial charge in [-0.2, -0.15) is 0 Å². The molecule has 12 nitrogen and oxygen atoms in total. The van der Waals surface area contributed by atoms with Crippen LogP contribution in [0.2, 0.25) is 0 Å². The van der Waals surface area contributed by atoms with E-state index in [0.29, 0.717) is 46.0 Å². The first-order valence-corrected chi connectivity index (χ1v) is 32.3. The van der Waals surface area contributed by atoms with Crippen molar-refractivity contribution in [2.75, 3.05) is 76.5 Å². The summed E-state index contributed by atoms with van der Waals surface area (Å²) in [6.45, 7) is 0. The Morgan fingerprint density at radius 3 is 0.495 bits per heavy atom. The highest BCUT2D eigenvalue weighted by Crippen LogP contribution is 2.69. The molecule has 0 aliphatic carbocycles. The van der Waals surface area contributed by atoms with E-state index in [2.05, 4.69) is 141 Å². The van der Waals surface area contributed by atoms with Crippen molar-refractivity contribution >= 4 is 96.7 Å². The highest BCUT2D eigenvalue weighted by molar-refractivity contribution is 8.03. The molecule has 0 N–H and O–H groups in total. The standard InChI is InChI=1S/C80H68N4O8P/c1-85-69-33-17-9-25-61(69)81(62-26-10-18-34-70(62)86-2)53-41-45-57-58-46-42-54(82(63-27-11-19-35-71(63)87-3)64-28-12-20-36-72(64)88-4)50-78(58)93(77(57)49-53)79-51-55(83(65-29-13-21-37-73(65)89-5)66-30-14-22-38-74(66)90-6)43-47-59(79)60-48-44-56(52-80(60)93)84(67-31-15-23-39-75(67)91-7)68-32-16-24-40-76(68)92-8/h9-52H,1-8H3/q+1. The van der Waals surface area contributed by atoms with Crippen LogP contribution < -0.4 is 78.7 Å². The molecule has 460 valence electrons. The fourth-order valence-electron chi connectivity index (χ4n) is 13.6. The Kier molecular flexibility index (Phi) is 16.0. The molecular formula is C80H68N4O8P+. The summed E-state index contributed by atoms with van der Waals surface area (Å²) in [5.74, 6) is 5.56. The van der Waals surface area contributed by atoms with Gasteiger partial charge in [0.1, 0.15) is 74.5 Å². The zero-order valence-corrected chi connectivity index (χ0v) is 53.8. The zero-order chi connectivity index (χ0) is 63.7. The van der Waals surface area contributed by atoms with Gasteiger partial charge in [0.05, 0.1) is 125 Å². The molecule has 0 saturated carbocycles. The number of fused-ring (bicyclic) bond motifs is 10. The molecule has 93 heavy (non-hydrogen) atoms. The quantitative estimate of drug-likeness (QED) is 0.0681. The summed E-state index contributed by atoms with van der Waals surface area (Å²) < 4.78 is 50.0. The van der Waals surface area contributed by atoms with Crippen LogP contribution in [-0.4, -0.2) is 56.9 Å². The maximum Gasteiger partial charge on any atom is 0.147 e. The maximum atomic E-state index is 6.25. The molecule has 2 aliphatic heterocycles. The number of ether oxygens (including phenoxy) is 8. The molecule has 12 aromatic rings. The van der Waals surface area contributed by atoms with Crippen LogP contribution in [0.1, 0.15) is 0 Å². The minimum absolute atomic E-state index is 0.695. The van der Waals surface area contributed by atoms with Crippen LogP contribution in [0.3, 0.4) is 0 Å². The summed E-state index contributed by atoms with van der Waals surface area (Å²) in [5.41, 5.74) is 14.7. The summed E-state index contributed by atoms with van der Waals surface area (Å²) in [5, 5.41) is 4.61. The maximum absolute atomic E-state index is 6.25. The number of rotatable bonds is 20. The monoisotopic (exact) mass is 1240 g/mol. The Balaban J connectivity index is 1.15. The normalized spacial score (nSPS) is 12.0. The lowest BCUT2D eigenvalue weighted by Crippen LogP contribution is -2.33. The van der Waals surface area contributed by atoms with Gasteiger partial charge in [-0.1, -0.05) is 97.1 Å². The molecule has 0 amide bonds. The van der Waals surface area contributed by atoms with Crippen LogP contribution in [0.4, 0.5) is 68.2 Å². The third-order valence-corrected chi connectivity index (χ3v) is 22.0. The Labute approximate surface area is 543 Å².